The van der Waals surface area contributed by atoms with Crippen molar-refractivity contribution in [3.63, 3.8) is 0 Å². The van der Waals surface area contributed by atoms with E-state index in [4.69, 9.17) is 9.51 Å². The molecule has 0 aliphatic rings. The van der Waals surface area contributed by atoms with Crippen molar-refractivity contribution in [2.75, 3.05) is 0 Å². The molecule has 0 bridgehead atoms. The van der Waals surface area contributed by atoms with Gasteiger partial charge in [0, 0.05) is 10.0 Å². The zero-order valence-corrected chi connectivity index (χ0v) is 20.1. The lowest BCUT2D eigenvalue weighted by atomic mass is 10.1. The average molecular weight is 519 g/mol. The van der Waals surface area contributed by atoms with Crippen molar-refractivity contribution in [2.45, 2.75) is 24.4 Å². The molecular formula is C25H19BrN4O2S. The second kappa shape index (κ2) is 9.33. The molecule has 0 radical (unpaired) electrons. The first kappa shape index (κ1) is 21.6. The van der Waals surface area contributed by atoms with E-state index in [1.165, 1.54) is 17.3 Å². The van der Waals surface area contributed by atoms with Crippen molar-refractivity contribution in [3.05, 3.63) is 105 Å². The maximum atomic E-state index is 13.3. The Labute approximate surface area is 202 Å². The molecule has 8 heteroatoms. The molecule has 0 amide bonds. The van der Waals surface area contributed by atoms with Crippen LogP contribution in [-0.2, 0) is 12.3 Å². The number of hydrogen-bond donors (Lipinski definition) is 0. The smallest absolute Gasteiger partial charge is 0.262 e. The minimum absolute atomic E-state index is 0.0650. The quantitative estimate of drug-likeness (QED) is 0.207. The summed E-state index contributed by atoms with van der Waals surface area (Å²) < 4.78 is 8.15. The highest BCUT2D eigenvalue weighted by molar-refractivity contribution is 9.10. The molecule has 2 aromatic heterocycles. The van der Waals surface area contributed by atoms with Crippen LogP contribution in [0.3, 0.4) is 0 Å². The van der Waals surface area contributed by atoms with Crippen LogP contribution in [0, 0.1) is 6.92 Å². The van der Waals surface area contributed by atoms with Gasteiger partial charge >= 0.3 is 0 Å². The van der Waals surface area contributed by atoms with E-state index < -0.39 is 0 Å². The molecule has 33 heavy (non-hydrogen) atoms. The van der Waals surface area contributed by atoms with Crippen molar-refractivity contribution >= 4 is 38.6 Å². The monoisotopic (exact) mass is 518 g/mol. The number of halogens is 1. The van der Waals surface area contributed by atoms with Crippen LogP contribution in [-0.4, -0.2) is 19.7 Å². The van der Waals surface area contributed by atoms with Crippen LogP contribution >= 0.6 is 27.7 Å². The van der Waals surface area contributed by atoms with Crippen LogP contribution in [0.2, 0.25) is 0 Å². The van der Waals surface area contributed by atoms with Gasteiger partial charge in [-0.15, -0.1) is 0 Å². The fourth-order valence-electron chi connectivity index (χ4n) is 3.43. The van der Waals surface area contributed by atoms with Crippen LogP contribution in [0.25, 0.3) is 22.3 Å². The third-order valence-corrected chi connectivity index (χ3v) is 6.67. The lowest BCUT2D eigenvalue weighted by Crippen LogP contribution is -2.24. The van der Waals surface area contributed by atoms with Crippen LogP contribution in [0.1, 0.15) is 17.0 Å². The number of aromatic nitrogens is 4. The summed E-state index contributed by atoms with van der Waals surface area (Å²) >= 11 is 4.84. The molecule has 6 nitrogen and oxygen atoms in total. The molecule has 0 saturated carbocycles. The number of hydrogen-bond acceptors (Lipinski definition) is 6. The Morgan fingerprint density at radius 2 is 1.73 bits per heavy atom. The fourth-order valence-corrected chi connectivity index (χ4v) is 4.53. The number of benzene rings is 3. The summed E-state index contributed by atoms with van der Waals surface area (Å²) in [5.41, 5.74) is 3.70. The Kier molecular flexibility index (Phi) is 6.11. The highest BCUT2D eigenvalue weighted by Crippen LogP contribution is 2.24. The molecule has 0 spiro atoms. The van der Waals surface area contributed by atoms with Crippen LogP contribution in [0.4, 0.5) is 0 Å². The summed E-state index contributed by atoms with van der Waals surface area (Å²) in [6.45, 7) is 2.48. The number of thioether (sulfide) groups is 1. The van der Waals surface area contributed by atoms with Gasteiger partial charge in [-0.2, -0.15) is 4.98 Å². The molecule has 5 aromatic rings. The van der Waals surface area contributed by atoms with Crippen molar-refractivity contribution < 1.29 is 4.52 Å². The van der Waals surface area contributed by atoms with Gasteiger partial charge in [0.15, 0.2) is 5.16 Å². The summed E-state index contributed by atoms with van der Waals surface area (Å²) in [5.74, 6) is 1.41. The Hall–Kier alpha value is -3.23. The number of fused-ring (bicyclic) bond motifs is 1. The van der Waals surface area contributed by atoms with Gasteiger partial charge in [0.25, 0.3) is 5.56 Å². The Morgan fingerprint density at radius 1 is 0.970 bits per heavy atom. The number of rotatable bonds is 6. The van der Waals surface area contributed by atoms with Gasteiger partial charge in [0.05, 0.1) is 23.2 Å². The number of aryl methyl sites for hydroxylation is 1. The molecule has 0 N–H and O–H groups in total. The fraction of sp³-hybridized carbons (Fsp3) is 0.120. The molecule has 0 saturated heterocycles. The van der Waals surface area contributed by atoms with Crippen LogP contribution < -0.4 is 5.56 Å². The minimum atomic E-state index is -0.0650. The van der Waals surface area contributed by atoms with Gasteiger partial charge in [-0.25, -0.2) is 4.98 Å². The van der Waals surface area contributed by atoms with Gasteiger partial charge in [-0.05, 0) is 48.9 Å². The lowest BCUT2D eigenvalue weighted by Gasteiger charge is -2.13. The van der Waals surface area contributed by atoms with Crippen molar-refractivity contribution in [2.24, 2.45) is 0 Å². The molecular weight excluding hydrogens is 500 g/mol. The van der Waals surface area contributed by atoms with Gasteiger partial charge < -0.3 is 4.52 Å². The molecule has 0 atom stereocenters. The third-order valence-electron chi connectivity index (χ3n) is 5.18. The van der Waals surface area contributed by atoms with Crippen LogP contribution in [0.5, 0.6) is 0 Å². The minimum Gasteiger partial charge on any atom is -0.338 e. The summed E-state index contributed by atoms with van der Waals surface area (Å²) in [6.07, 6.45) is 0. The van der Waals surface area contributed by atoms with E-state index in [0.29, 0.717) is 40.1 Å². The van der Waals surface area contributed by atoms with E-state index >= 15 is 0 Å². The molecule has 164 valence electrons. The Balaban J connectivity index is 1.45. The Morgan fingerprint density at radius 3 is 2.52 bits per heavy atom. The number of para-hydroxylation sites is 1. The first-order valence-corrected chi connectivity index (χ1v) is 12.1. The maximum Gasteiger partial charge on any atom is 0.262 e. The summed E-state index contributed by atoms with van der Waals surface area (Å²) in [4.78, 5) is 22.6. The SMILES string of the molecule is Cc1ccc(Cn2c(SCc3nc(-c4ccc(Br)cc4)no3)nc3ccccc3c2=O)cc1. The highest BCUT2D eigenvalue weighted by Gasteiger charge is 2.15. The summed E-state index contributed by atoms with van der Waals surface area (Å²) in [7, 11) is 0. The largest absolute Gasteiger partial charge is 0.338 e. The zero-order chi connectivity index (χ0) is 22.8. The molecule has 3 aromatic carbocycles. The van der Waals surface area contributed by atoms with E-state index in [9.17, 15) is 4.79 Å². The molecule has 0 aliphatic carbocycles. The molecule has 0 fully saturated rings. The van der Waals surface area contributed by atoms with Crippen molar-refractivity contribution in [1.29, 1.82) is 0 Å². The predicted molar refractivity (Wildman–Crippen MR) is 133 cm³/mol. The normalized spacial score (nSPS) is 11.2. The van der Waals surface area contributed by atoms with Crippen molar-refractivity contribution in [3.8, 4) is 11.4 Å². The standard InChI is InChI=1S/C25H19BrN4O2S/c1-16-6-8-17(9-7-16)14-30-24(31)20-4-2-3-5-21(20)27-25(30)33-15-22-28-23(29-32-22)18-10-12-19(26)13-11-18/h2-13H,14-15H2,1H3. The second-order valence-electron chi connectivity index (χ2n) is 7.60. The lowest BCUT2D eigenvalue weighted by molar-refractivity contribution is 0.391. The van der Waals surface area contributed by atoms with Gasteiger partial charge in [0.1, 0.15) is 0 Å². The second-order valence-corrected chi connectivity index (χ2v) is 9.45. The first-order valence-electron chi connectivity index (χ1n) is 10.3. The number of nitrogens with zero attached hydrogens (tertiary/aromatic N) is 4. The summed E-state index contributed by atoms with van der Waals surface area (Å²) in [6, 6.07) is 23.3. The van der Waals surface area contributed by atoms with Gasteiger partial charge in [-0.1, -0.05) is 74.8 Å². The third kappa shape index (κ3) is 4.77. The highest BCUT2D eigenvalue weighted by atomic mass is 79.9. The van der Waals surface area contributed by atoms with Gasteiger partial charge in [-0.3, -0.25) is 9.36 Å². The Bertz CT molecular complexity index is 1480. The molecule has 0 unspecified atom stereocenters. The first-order chi connectivity index (χ1) is 16.1. The van der Waals surface area contributed by atoms with Crippen LogP contribution in [0.15, 0.2) is 91.7 Å². The topological polar surface area (TPSA) is 73.8 Å². The molecule has 0 aliphatic heterocycles. The molecule has 5 rings (SSSR count). The van der Waals surface area contributed by atoms with E-state index in [-0.39, 0.29) is 5.56 Å². The molecule has 2 heterocycles. The van der Waals surface area contributed by atoms with E-state index in [1.54, 1.807) is 4.57 Å². The van der Waals surface area contributed by atoms with E-state index in [2.05, 4.69) is 26.1 Å². The predicted octanol–water partition coefficient (Wildman–Crippen LogP) is 5.86. The average Bonchev–Trinajstić information content (AvgIpc) is 3.30. The van der Waals surface area contributed by atoms with Crippen molar-refractivity contribution in [1.82, 2.24) is 19.7 Å². The maximum absolute atomic E-state index is 13.3. The van der Waals surface area contributed by atoms with E-state index in [1.807, 2.05) is 79.7 Å². The summed E-state index contributed by atoms with van der Waals surface area (Å²) in [5, 5.41) is 5.31. The van der Waals surface area contributed by atoms with E-state index in [0.717, 1.165) is 15.6 Å². The van der Waals surface area contributed by atoms with Gasteiger partial charge in [0.2, 0.25) is 11.7 Å². The zero-order valence-electron chi connectivity index (χ0n) is 17.7.